The number of unbranched alkanes of at least 4 members (excludes halogenated alkanes) is 1. The summed E-state index contributed by atoms with van der Waals surface area (Å²) in [6.45, 7) is 6.12. The third-order valence-corrected chi connectivity index (χ3v) is 9.76. The van der Waals surface area contributed by atoms with E-state index in [1.807, 2.05) is 38.1 Å². The highest BCUT2D eigenvalue weighted by Crippen LogP contribution is 2.19. The average molecular weight is 859 g/mol. The van der Waals surface area contributed by atoms with E-state index in [0.29, 0.717) is 25.8 Å². The third kappa shape index (κ3) is 18.4. The van der Waals surface area contributed by atoms with Gasteiger partial charge in [0, 0.05) is 36.5 Å². The highest BCUT2D eigenvalue weighted by atomic mass is 16.4. The molecule has 2 aromatic rings. The number of nitrogens with one attached hydrogen (secondary N) is 8. The molecule has 1 aromatic carbocycles. The summed E-state index contributed by atoms with van der Waals surface area (Å²) in [6.07, 6.45) is 2.57. The highest BCUT2D eigenvalue weighted by molar-refractivity contribution is 5.96. The minimum absolute atomic E-state index is 0.0522. The monoisotopic (exact) mass is 858 g/mol. The second kappa shape index (κ2) is 26.2. The Hall–Kier alpha value is -6.09. The summed E-state index contributed by atoms with van der Waals surface area (Å²) < 4.78 is 0. The van der Waals surface area contributed by atoms with Crippen LogP contribution in [0.2, 0.25) is 0 Å². The Labute approximate surface area is 354 Å². The van der Waals surface area contributed by atoms with Gasteiger partial charge >= 0.3 is 11.9 Å². The molecule has 6 unspecified atom stereocenters. The topological polar surface area (TPSA) is 346 Å². The molecule has 0 fully saturated rings. The van der Waals surface area contributed by atoms with E-state index < -0.39 is 103 Å². The smallest absolute Gasteiger partial charge is 0.326 e. The standard InChI is InChI=1S/C40H62N10O11/c1-5-23(4)35(42)39(59)50-29(17-24-19-44-26-11-7-6-10-25(24)26)36(56)46-21-33(53)48-28(16-22(2)3)38(58)49-30(18-34(54)55)37(57)45-20-32(52)43-15-13-31(51)47-27(40(60)61)12-8-9-14-41/h6-7,10-11,19,22-23,27-30,35,44H,5,8-9,12-18,20-21,41-42H2,1-4H3,(H,43,52)(H,45,57)(H,46,56)(H,47,51)(H,48,53)(H,49,58)(H,50,59)(H,54,55)(H,60,61). The molecule has 0 radical (unpaired) electrons. The second-order valence-corrected chi connectivity index (χ2v) is 15.2. The van der Waals surface area contributed by atoms with Crippen molar-refractivity contribution < 1.29 is 53.4 Å². The van der Waals surface area contributed by atoms with E-state index >= 15 is 0 Å². The number of aromatic nitrogens is 1. The maximum absolute atomic E-state index is 13.5. The number of carbonyl (C=O) groups excluding carboxylic acids is 7. The lowest BCUT2D eigenvalue weighted by atomic mass is 9.98. The normalized spacial score (nSPS) is 14.0. The molecule has 0 spiro atoms. The number of hydrogen-bond acceptors (Lipinski definition) is 11. The van der Waals surface area contributed by atoms with Crippen molar-refractivity contribution in [3.8, 4) is 0 Å². The van der Waals surface area contributed by atoms with Crippen LogP contribution < -0.4 is 48.7 Å². The summed E-state index contributed by atoms with van der Waals surface area (Å²) in [5, 5.41) is 36.6. The molecule has 0 aliphatic rings. The van der Waals surface area contributed by atoms with Crippen molar-refractivity contribution in [2.24, 2.45) is 23.3 Å². The molecule has 0 saturated heterocycles. The first-order valence-corrected chi connectivity index (χ1v) is 20.3. The number of H-pyrrole nitrogens is 1. The number of hydrogen-bond donors (Lipinski definition) is 12. The first kappa shape index (κ1) is 51.1. The van der Waals surface area contributed by atoms with Gasteiger partial charge in [-0.2, -0.15) is 0 Å². The molecule has 1 heterocycles. The Bertz CT molecular complexity index is 1830. The molecular formula is C40H62N10O11. The maximum atomic E-state index is 13.5. The lowest BCUT2D eigenvalue weighted by Gasteiger charge is -2.24. The molecule has 61 heavy (non-hydrogen) atoms. The zero-order valence-corrected chi connectivity index (χ0v) is 35.1. The number of aliphatic carboxylic acids is 2. The van der Waals surface area contributed by atoms with Gasteiger partial charge in [-0.05, 0) is 55.7 Å². The van der Waals surface area contributed by atoms with Crippen LogP contribution in [0.4, 0.5) is 0 Å². The Morgan fingerprint density at radius 2 is 1.34 bits per heavy atom. The van der Waals surface area contributed by atoms with Crippen LogP contribution in [-0.2, 0) is 49.6 Å². The molecule has 7 amide bonds. The Balaban J connectivity index is 2.03. The lowest BCUT2D eigenvalue weighted by molar-refractivity contribution is -0.142. The van der Waals surface area contributed by atoms with E-state index in [1.165, 1.54) is 0 Å². The van der Waals surface area contributed by atoms with Gasteiger partial charge in [0.05, 0.1) is 25.6 Å². The zero-order chi connectivity index (χ0) is 45.6. The van der Waals surface area contributed by atoms with Crippen molar-refractivity contribution >= 4 is 64.2 Å². The summed E-state index contributed by atoms with van der Waals surface area (Å²) in [7, 11) is 0. The Kier molecular flexibility index (Phi) is 21.9. The fourth-order valence-corrected chi connectivity index (χ4v) is 6.09. The van der Waals surface area contributed by atoms with Crippen molar-refractivity contribution in [3.63, 3.8) is 0 Å². The molecule has 21 heteroatoms. The maximum Gasteiger partial charge on any atom is 0.326 e. The van der Waals surface area contributed by atoms with Gasteiger partial charge in [-0.1, -0.05) is 52.3 Å². The molecule has 338 valence electrons. The van der Waals surface area contributed by atoms with Crippen molar-refractivity contribution in [2.75, 3.05) is 26.2 Å². The predicted molar refractivity (Wildman–Crippen MR) is 223 cm³/mol. The van der Waals surface area contributed by atoms with Crippen LogP contribution in [0.3, 0.4) is 0 Å². The molecule has 14 N–H and O–H groups in total. The van der Waals surface area contributed by atoms with Gasteiger partial charge < -0.3 is 63.9 Å². The number of rotatable bonds is 28. The molecule has 1 aromatic heterocycles. The molecule has 21 nitrogen and oxygen atoms in total. The minimum Gasteiger partial charge on any atom is -0.481 e. The van der Waals surface area contributed by atoms with E-state index in [1.54, 1.807) is 20.0 Å². The van der Waals surface area contributed by atoms with E-state index in [-0.39, 0.29) is 44.1 Å². The minimum atomic E-state index is -1.67. The Morgan fingerprint density at radius 1 is 0.721 bits per heavy atom. The Morgan fingerprint density at radius 3 is 1.97 bits per heavy atom. The van der Waals surface area contributed by atoms with Crippen LogP contribution in [0, 0.1) is 11.8 Å². The highest BCUT2D eigenvalue weighted by Gasteiger charge is 2.31. The van der Waals surface area contributed by atoms with E-state index in [9.17, 15) is 53.4 Å². The van der Waals surface area contributed by atoms with Gasteiger partial charge in [0.15, 0.2) is 0 Å². The van der Waals surface area contributed by atoms with Gasteiger partial charge in [-0.3, -0.25) is 38.4 Å². The van der Waals surface area contributed by atoms with E-state index in [0.717, 1.165) is 16.5 Å². The summed E-state index contributed by atoms with van der Waals surface area (Å²) in [6, 6.07) is 1.30. The van der Waals surface area contributed by atoms with Crippen molar-refractivity contribution in [1.82, 2.24) is 42.2 Å². The number of carboxylic acids is 2. The van der Waals surface area contributed by atoms with Gasteiger partial charge in [0.1, 0.15) is 24.2 Å². The van der Waals surface area contributed by atoms with Gasteiger partial charge in [0.2, 0.25) is 41.4 Å². The predicted octanol–water partition coefficient (Wildman–Crippen LogP) is -1.50. The molecule has 0 saturated carbocycles. The number of benzene rings is 1. The van der Waals surface area contributed by atoms with Gasteiger partial charge in [-0.25, -0.2) is 4.79 Å². The molecule has 0 bridgehead atoms. The van der Waals surface area contributed by atoms with Crippen LogP contribution in [0.1, 0.15) is 78.2 Å². The number of carboxylic acid groups (broad SMARTS) is 2. The van der Waals surface area contributed by atoms with Crippen LogP contribution >= 0.6 is 0 Å². The van der Waals surface area contributed by atoms with E-state index in [4.69, 9.17) is 11.5 Å². The zero-order valence-electron chi connectivity index (χ0n) is 35.1. The van der Waals surface area contributed by atoms with Gasteiger partial charge in [0.25, 0.3) is 0 Å². The summed E-state index contributed by atoms with van der Waals surface area (Å²) in [5.74, 6) is -8.37. The quantitative estimate of drug-likeness (QED) is 0.0434. The number of fused-ring (bicyclic) bond motifs is 1. The van der Waals surface area contributed by atoms with Gasteiger partial charge in [-0.15, -0.1) is 0 Å². The van der Waals surface area contributed by atoms with E-state index in [2.05, 4.69) is 42.2 Å². The fourth-order valence-electron chi connectivity index (χ4n) is 6.09. The largest absolute Gasteiger partial charge is 0.481 e. The molecule has 2 rings (SSSR count). The van der Waals surface area contributed by atoms with Crippen LogP contribution in [-0.4, -0.2) is 125 Å². The summed E-state index contributed by atoms with van der Waals surface area (Å²) in [4.78, 5) is 117. The number of para-hydroxylation sites is 1. The lowest BCUT2D eigenvalue weighted by Crippen LogP contribution is -2.57. The van der Waals surface area contributed by atoms with Crippen LogP contribution in [0.15, 0.2) is 30.5 Å². The molecule has 0 aliphatic carbocycles. The summed E-state index contributed by atoms with van der Waals surface area (Å²) >= 11 is 0. The first-order chi connectivity index (χ1) is 28.9. The van der Waals surface area contributed by atoms with Crippen LogP contribution in [0.25, 0.3) is 10.9 Å². The first-order valence-electron chi connectivity index (χ1n) is 20.3. The third-order valence-electron chi connectivity index (χ3n) is 9.76. The van der Waals surface area contributed by atoms with Crippen molar-refractivity contribution in [3.05, 3.63) is 36.0 Å². The fraction of sp³-hybridized carbons (Fsp3) is 0.575. The second-order valence-electron chi connectivity index (χ2n) is 15.2. The summed E-state index contributed by atoms with van der Waals surface area (Å²) in [5.41, 5.74) is 13.1. The number of nitrogens with two attached hydrogens (primary N) is 2. The number of carbonyl (C=O) groups is 9. The van der Waals surface area contributed by atoms with Crippen molar-refractivity contribution in [1.29, 1.82) is 0 Å². The SMILES string of the molecule is CCC(C)C(N)C(=O)NC(Cc1c[nH]c2ccccc12)C(=O)NCC(=O)NC(CC(C)C)C(=O)NC(CC(=O)O)C(=O)NCC(=O)NCCC(=O)NC(CCCCN)C(=O)O. The van der Waals surface area contributed by atoms with Crippen molar-refractivity contribution in [2.45, 2.75) is 109 Å². The van der Waals surface area contributed by atoms with Crippen LogP contribution in [0.5, 0.6) is 0 Å². The molecule has 6 atom stereocenters. The number of aromatic amines is 1. The number of amides is 7. The molecule has 0 aliphatic heterocycles. The molecular weight excluding hydrogens is 796 g/mol. The average Bonchev–Trinajstić information content (AvgIpc) is 3.62.